The van der Waals surface area contributed by atoms with E-state index < -0.39 is 0 Å². The highest BCUT2D eigenvalue weighted by atomic mass is 16.3. The van der Waals surface area contributed by atoms with Crippen molar-refractivity contribution in [3.8, 4) is 17.0 Å². The summed E-state index contributed by atoms with van der Waals surface area (Å²) in [4.78, 5) is 12.6. The van der Waals surface area contributed by atoms with Crippen LogP contribution in [0.2, 0.25) is 0 Å². The lowest BCUT2D eigenvalue weighted by Gasteiger charge is -2.27. The van der Waals surface area contributed by atoms with E-state index in [1.165, 1.54) is 11.1 Å². The molecule has 1 aromatic heterocycles. The number of hydrogen-bond acceptors (Lipinski definition) is 4. The maximum absolute atomic E-state index is 12.6. The van der Waals surface area contributed by atoms with E-state index in [1.54, 1.807) is 12.3 Å². The van der Waals surface area contributed by atoms with Crippen LogP contribution in [0.4, 0.5) is 0 Å². The van der Waals surface area contributed by atoms with Crippen molar-refractivity contribution in [2.75, 3.05) is 0 Å². The number of phenols is 1. The Balaban J connectivity index is 1.81. The molecular weight excluding hydrogens is 412 g/mol. The Bertz CT molecular complexity index is 1170. The molecule has 0 unspecified atom stereocenters. The summed E-state index contributed by atoms with van der Waals surface area (Å²) in [6, 6.07) is 11.6. The highest BCUT2D eigenvalue weighted by Crippen LogP contribution is 2.39. The summed E-state index contributed by atoms with van der Waals surface area (Å²) < 4.78 is 0. The van der Waals surface area contributed by atoms with Gasteiger partial charge in [-0.2, -0.15) is 10.2 Å². The second-order valence-corrected chi connectivity index (χ2v) is 10.6. The van der Waals surface area contributed by atoms with E-state index in [4.69, 9.17) is 0 Å². The Morgan fingerprint density at radius 2 is 1.58 bits per heavy atom. The summed E-state index contributed by atoms with van der Waals surface area (Å²) in [7, 11) is 0. The molecular formula is C27H34N4O2. The van der Waals surface area contributed by atoms with Crippen molar-refractivity contribution in [2.24, 2.45) is 5.10 Å². The van der Waals surface area contributed by atoms with Crippen LogP contribution in [0, 0.1) is 13.8 Å². The third-order valence-electron chi connectivity index (χ3n) is 5.75. The number of carbonyl (C=O) groups excluding carboxylic acids is 1. The lowest BCUT2D eigenvalue weighted by atomic mass is 9.78. The first-order valence-electron chi connectivity index (χ1n) is 11.1. The molecule has 0 fully saturated rings. The van der Waals surface area contributed by atoms with E-state index in [2.05, 4.69) is 75.3 Å². The van der Waals surface area contributed by atoms with Crippen molar-refractivity contribution >= 4 is 12.1 Å². The van der Waals surface area contributed by atoms with E-state index in [9.17, 15) is 9.90 Å². The largest absolute Gasteiger partial charge is 0.507 e. The third-order valence-corrected chi connectivity index (χ3v) is 5.75. The van der Waals surface area contributed by atoms with E-state index in [1.807, 2.05) is 31.2 Å². The van der Waals surface area contributed by atoms with Gasteiger partial charge in [0.25, 0.3) is 5.91 Å². The molecule has 1 amide bonds. The van der Waals surface area contributed by atoms with Crippen LogP contribution in [0.1, 0.15) is 79.8 Å². The summed E-state index contributed by atoms with van der Waals surface area (Å²) in [5.74, 6) is -0.0628. The monoisotopic (exact) mass is 446 g/mol. The molecule has 0 atom stereocenters. The minimum Gasteiger partial charge on any atom is -0.507 e. The number of nitrogens with one attached hydrogen (secondary N) is 2. The standard InChI is InChI=1S/C27H34N4O2/c1-16-9-10-19(11-17(16)2)22-14-23(30-29-22)25(33)31-28-15-18-12-20(26(3,4)5)24(32)21(13-18)27(6,7)8/h9-15,32H,1-8H3,(H,29,30)(H,31,33)/b28-15+. The SMILES string of the molecule is Cc1ccc(-c2cc(C(=O)N/N=C/c3cc(C(C)(C)C)c(O)c(C(C)(C)C)c3)[nH]n2)cc1C. The first kappa shape index (κ1) is 24.2. The first-order valence-corrected chi connectivity index (χ1v) is 11.1. The van der Waals surface area contributed by atoms with E-state index in [0.717, 1.165) is 22.3 Å². The van der Waals surface area contributed by atoms with Crippen LogP contribution < -0.4 is 5.43 Å². The van der Waals surface area contributed by atoms with Gasteiger partial charge in [0.1, 0.15) is 11.4 Å². The number of hydrazone groups is 1. The molecule has 6 heteroatoms. The predicted molar refractivity (Wildman–Crippen MR) is 134 cm³/mol. The molecule has 3 rings (SSSR count). The first-order chi connectivity index (χ1) is 15.3. The number of H-pyrrole nitrogens is 1. The number of hydrogen-bond donors (Lipinski definition) is 3. The van der Waals surface area contributed by atoms with Crippen molar-refractivity contribution < 1.29 is 9.90 Å². The molecule has 2 aromatic carbocycles. The Hall–Kier alpha value is -3.41. The van der Waals surface area contributed by atoms with Crippen LogP contribution >= 0.6 is 0 Å². The summed E-state index contributed by atoms with van der Waals surface area (Å²) in [6.45, 7) is 16.5. The van der Waals surface area contributed by atoms with Gasteiger partial charge in [0.2, 0.25) is 0 Å². The molecule has 0 aliphatic heterocycles. The normalized spacial score (nSPS) is 12.4. The number of phenolic OH excluding ortho intramolecular Hbond substituents is 1. The Labute approximate surface area is 196 Å². The summed E-state index contributed by atoms with van der Waals surface area (Å²) in [5, 5.41) is 22.0. The fourth-order valence-corrected chi connectivity index (χ4v) is 3.59. The van der Waals surface area contributed by atoms with E-state index in [-0.39, 0.29) is 16.7 Å². The number of nitrogens with zero attached hydrogens (tertiary/aromatic N) is 2. The average molecular weight is 447 g/mol. The van der Waals surface area contributed by atoms with Crippen molar-refractivity contribution in [2.45, 2.75) is 66.2 Å². The minimum absolute atomic E-state index is 0.238. The number of aromatic nitrogens is 2. The zero-order chi connectivity index (χ0) is 24.6. The Kier molecular flexibility index (Phi) is 6.50. The van der Waals surface area contributed by atoms with Gasteiger partial charge in [-0.05, 0) is 65.6 Å². The topological polar surface area (TPSA) is 90.4 Å². The fraction of sp³-hybridized carbons (Fsp3) is 0.370. The van der Waals surface area contributed by atoms with Crippen LogP contribution in [0.15, 0.2) is 41.5 Å². The van der Waals surface area contributed by atoms with Crippen molar-refractivity contribution in [1.82, 2.24) is 15.6 Å². The van der Waals surface area contributed by atoms with Crippen LogP contribution in [-0.4, -0.2) is 27.4 Å². The number of carbonyl (C=O) groups is 1. The fourth-order valence-electron chi connectivity index (χ4n) is 3.59. The molecule has 6 nitrogen and oxygen atoms in total. The van der Waals surface area contributed by atoms with Gasteiger partial charge in [-0.1, -0.05) is 53.7 Å². The lowest BCUT2D eigenvalue weighted by Crippen LogP contribution is -2.19. The molecule has 33 heavy (non-hydrogen) atoms. The number of benzene rings is 2. The molecule has 3 aromatic rings. The van der Waals surface area contributed by atoms with Gasteiger partial charge >= 0.3 is 0 Å². The van der Waals surface area contributed by atoms with Gasteiger partial charge in [-0.15, -0.1) is 0 Å². The molecule has 3 N–H and O–H groups in total. The Morgan fingerprint density at radius 3 is 2.12 bits per heavy atom. The second-order valence-electron chi connectivity index (χ2n) is 10.6. The second kappa shape index (κ2) is 8.85. The molecule has 174 valence electrons. The van der Waals surface area contributed by atoms with Crippen molar-refractivity contribution in [1.29, 1.82) is 0 Å². The van der Waals surface area contributed by atoms with Gasteiger partial charge < -0.3 is 5.11 Å². The molecule has 0 radical (unpaired) electrons. The third kappa shape index (κ3) is 5.51. The highest BCUT2D eigenvalue weighted by Gasteiger charge is 2.26. The summed E-state index contributed by atoms with van der Waals surface area (Å²) in [5.41, 5.74) is 8.94. The van der Waals surface area contributed by atoms with Crippen LogP contribution in [0.3, 0.4) is 0 Å². The summed E-state index contributed by atoms with van der Waals surface area (Å²) >= 11 is 0. The number of aromatic amines is 1. The summed E-state index contributed by atoms with van der Waals surface area (Å²) in [6.07, 6.45) is 1.60. The van der Waals surface area contributed by atoms with Crippen LogP contribution in [0.25, 0.3) is 11.3 Å². The average Bonchev–Trinajstić information content (AvgIpc) is 3.19. The molecule has 0 saturated carbocycles. The van der Waals surface area contributed by atoms with Gasteiger partial charge in [0.05, 0.1) is 11.9 Å². The smallest absolute Gasteiger partial charge is 0.289 e. The molecule has 0 aliphatic rings. The predicted octanol–water partition coefficient (Wildman–Crippen LogP) is 5.76. The number of rotatable bonds is 4. The molecule has 1 heterocycles. The van der Waals surface area contributed by atoms with Crippen LogP contribution in [-0.2, 0) is 10.8 Å². The van der Waals surface area contributed by atoms with Crippen molar-refractivity contribution in [3.63, 3.8) is 0 Å². The van der Waals surface area contributed by atoms with E-state index in [0.29, 0.717) is 17.1 Å². The quantitative estimate of drug-likeness (QED) is 0.352. The van der Waals surface area contributed by atoms with Gasteiger partial charge in [-0.25, -0.2) is 5.43 Å². The number of aryl methyl sites for hydroxylation is 2. The zero-order valence-corrected chi connectivity index (χ0v) is 20.8. The molecule has 0 bridgehead atoms. The zero-order valence-electron chi connectivity index (χ0n) is 20.8. The molecule has 0 spiro atoms. The Morgan fingerprint density at radius 1 is 0.970 bits per heavy atom. The number of aromatic hydroxyl groups is 1. The highest BCUT2D eigenvalue weighted by molar-refractivity contribution is 5.94. The van der Waals surface area contributed by atoms with Crippen molar-refractivity contribution in [3.05, 3.63) is 69.9 Å². The molecule has 0 saturated heterocycles. The number of amides is 1. The maximum atomic E-state index is 12.6. The lowest BCUT2D eigenvalue weighted by molar-refractivity contribution is 0.0950. The van der Waals surface area contributed by atoms with Gasteiger partial charge in [0.15, 0.2) is 0 Å². The van der Waals surface area contributed by atoms with Crippen LogP contribution in [0.5, 0.6) is 5.75 Å². The minimum atomic E-state index is -0.375. The molecule has 0 aliphatic carbocycles. The van der Waals surface area contributed by atoms with Gasteiger partial charge in [-0.3, -0.25) is 9.89 Å². The van der Waals surface area contributed by atoms with Gasteiger partial charge in [0, 0.05) is 16.7 Å². The van der Waals surface area contributed by atoms with E-state index >= 15 is 0 Å². The maximum Gasteiger partial charge on any atom is 0.289 e.